The van der Waals surface area contributed by atoms with E-state index in [1.807, 2.05) is 18.2 Å². The minimum Gasteiger partial charge on any atom is -0.359 e. The molecular weight excluding hydrogens is 242 g/mol. The molecule has 5 heteroatoms. The van der Waals surface area contributed by atoms with Crippen molar-refractivity contribution in [1.82, 2.24) is 15.3 Å². The average Bonchev–Trinajstić information content (AvgIpc) is 2.67. The van der Waals surface area contributed by atoms with Gasteiger partial charge in [-0.25, -0.2) is 4.98 Å². The van der Waals surface area contributed by atoms with Gasteiger partial charge >= 0.3 is 0 Å². The van der Waals surface area contributed by atoms with Crippen molar-refractivity contribution in [1.29, 1.82) is 0 Å². The van der Waals surface area contributed by atoms with Gasteiger partial charge in [-0.15, -0.1) is 0 Å². The van der Waals surface area contributed by atoms with E-state index in [-0.39, 0.29) is 5.91 Å². The monoisotopic (exact) mass is 261 g/mol. The maximum absolute atomic E-state index is 11.8. The van der Waals surface area contributed by atoms with Crippen LogP contribution >= 0.6 is 0 Å². The van der Waals surface area contributed by atoms with Gasteiger partial charge in [0.15, 0.2) is 0 Å². The molecule has 0 unspecified atom stereocenters. The number of nitrogens with zero attached hydrogens (tertiary/aromatic N) is 1. The van der Waals surface area contributed by atoms with Crippen LogP contribution in [0.25, 0.3) is 11.0 Å². The quantitative estimate of drug-likeness (QED) is 0.828. The van der Waals surface area contributed by atoms with Crippen molar-refractivity contribution in [2.45, 2.75) is 26.1 Å². The number of hydrogen-bond acceptors (Lipinski definition) is 2. The Morgan fingerprint density at radius 1 is 1.44 bits per heavy atom. The Hall–Kier alpha value is -1.62. The van der Waals surface area contributed by atoms with E-state index in [9.17, 15) is 4.79 Å². The second-order valence-corrected chi connectivity index (χ2v) is 11.2. The van der Waals surface area contributed by atoms with Crippen molar-refractivity contribution in [2.75, 3.05) is 6.17 Å². The first-order valence-corrected chi connectivity index (χ1v) is 9.84. The Balaban J connectivity index is 1.99. The number of H-pyrrole nitrogens is 1. The average molecular weight is 261 g/mol. The lowest BCUT2D eigenvalue weighted by Crippen LogP contribution is -2.40. The Morgan fingerprint density at radius 2 is 2.22 bits per heavy atom. The molecule has 96 valence electrons. The molecule has 2 N–H and O–H groups in total. The van der Waals surface area contributed by atoms with Gasteiger partial charge in [-0.05, 0) is 18.2 Å². The molecule has 0 bridgehead atoms. The lowest BCUT2D eigenvalue weighted by Gasteiger charge is -2.16. The molecule has 2 rings (SSSR count). The Labute approximate surface area is 108 Å². The van der Waals surface area contributed by atoms with Gasteiger partial charge in [0, 0.05) is 23.4 Å². The van der Waals surface area contributed by atoms with Crippen LogP contribution in [0.15, 0.2) is 24.4 Å². The second-order valence-electron chi connectivity index (χ2n) is 5.75. The maximum Gasteiger partial charge on any atom is 0.225 e. The fraction of sp³-hybridized carbons (Fsp3) is 0.385. The van der Waals surface area contributed by atoms with E-state index in [0.717, 1.165) is 22.9 Å². The molecule has 0 aliphatic rings. The number of carbonyl (C=O) groups is 1. The number of fused-ring (bicyclic) bond motifs is 1. The number of pyridine rings is 1. The zero-order chi connectivity index (χ0) is 13.2. The largest absolute Gasteiger partial charge is 0.359 e. The number of amides is 1. The fourth-order valence-corrected chi connectivity index (χ4v) is 2.44. The van der Waals surface area contributed by atoms with E-state index in [0.29, 0.717) is 6.42 Å². The number of hydrogen-bond donors (Lipinski definition) is 2. The van der Waals surface area contributed by atoms with Gasteiger partial charge in [0.2, 0.25) is 5.91 Å². The normalized spacial score (nSPS) is 11.7. The first-order chi connectivity index (χ1) is 8.44. The molecular formula is C13H19N3OSi. The van der Waals surface area contributed by atoms with Crippen LogP contribution in [0.1, 0.15) is 5.69 Å². The summed E-state index contributed by atoms with van der Waals surface area (Å²) in [6.07, 6.45) is 2.96. The first-order valence-electron chi connectivity index (χ1n) is 6.13. The molecule has 2 aromatic rings. The fourth-order valence-electron chi connectivity index (χ4n) is 1.71. The van der Waals surface area contributed by atoms with Crippen LogP contribution in [0.2, 0.25) is 19.6 Å². The van der Waals surface area contributed by atoms with Gasteiger partial charge in [0.25, 0.3) is 0 Å². The Bertz CT molecular complexity index is 524. The molecule has 0 aromatic carbocycles. The molecule has 0 aliphatic heterocycles. The van der Waals surface area contributed by atoms with Gasteiger partial charge in [0.05, 0.1) is 14.5 Å². The van der Waals surface area contributed by atoms with Crippen LogP contribution in [0, 0.1) is 0 Å². The van der Waals surface area contributed by atoms with Gasteiger partial charge in [-0.3, -0.25) is 4.79 Å². The molecule has 0 spiro atoms. The second kappa shape index (κ2) is 4.94. The van der Waals surface area contributed by atoms with Crippen molar-refractivity contribution in [3.63, 3.8) is 0 Å². The van der Waals surface area contributed by atoms with Gasteiger partial charge < -0.3 is 10.3 Å². The lowest BCUT2D eigenvalue weighted by molar-refractivity contribution is -0.120. The Kier molecular flexibility index (Phi) is 3.52. The topological polar surface area (TPSA) is 57.8 Å². The van der Waals surface area contributed by atoms with E-state index < -0.39 is 8.07 Å². The van der Waals surface area contributed by atoms with E-state index in [1.165, 1.54) is 0 Å². The van der Waals surface area contributed by atoms with E-state index in [4.69, 9.17) is 0 Å². The summed E-state index contributed by atoms with van der Waals surface area (Å²) in [7, 11) is -1.22. The smallest absolute Gasteiger partial charge is 0.225 e. The van der Waals surface area contributed by atoms with E-state index in [1.54, 1.807) is 6.20 Å². The zero-order valence-electron chi connectivity index (χ0n) is 11.1. The highest BCUT2D eigenvalue weighted by molar-refractivity contribution is 6.76. The standard InChI is InChI=1S/C13H19N3OSi/c1-18(2,3)9-15-12(17)8-11-7-10-5-4-6-14-13(10)16-11/h4-7H,8-9H2,1-3H3,(H,14,16)(H,15,17). The number of aromatic nitrogens is 2. The molecule has 0 saturated carbocycles. The molecule has 4 nitrogen and oxygen atoms in total. The molecule has 0 radical (unpaired) electrons. The molecule has 18 heavy (non-hydrogen) atoms. The summed E-state index contributed by atoms with van der Waals surface area (Å²) in [4.78, 5) is 19.2. The lowest BCUT2D eigenvalue weighted by atomic mass is 10.2. The predicted octanol–water partition coefficient (Wildman–Crippen LogP) is 2.10. The van der Waals surface area contributed by atoms with Crippen molar-refractivity contribution < 1.29 is 4.79 Å². The number of nitrogens with one attached hydrogen (secondary N) is 2. The summed E-state index contributed by atoms with van der Waals surface area (Å²) in [6, 6.07) is 5.87. The molecule has 0 aliphatic carbocycles. The van der Waals surface area contributed by atoms with Gasteiger partial charge in [0.1, 0.15) is 5.65 Å². The highest BCUT2D eigenvalue weighted by Crippen LogP contribution is 2.12. The highest BCUT2D eigenvalue weighted by Gasteiger charge is 2.14. The van der Waals surface area contributed by atoms with Crippen LogP contribution in [0.3, 0.4) is 0 Å². The van der Waals surface area contributed by atoms with Crippen LogP contribution in [0.4, 0.5) is 0 Å². The third-order valence-electron chi connectivity index (χ3n) is 2.61. The van der Waals surface area contributed by atoms with E-state index in [2.05, 4.69) is 34.9 Å². The summed E-state index contributed by atoms with van der Waals surface area (Å²) in [6.45, 7) is 6.71. The summed E-state index contributed by atoms with van der Waals surface area (Å²) >= 11 is 0. The minimum atomic E-state index is -1.22. The van der Waals surface area contributed by atoms with E-state index >= 15 is 0 Å². The Morgan fingerprint density at radius 3 is 2.89 bits per heavy atom. The van der Waals surface area contributed by atoms with Crippen molar-refractivity contribution in [3.05, 3.63) is 30.1 Å². The molecule has 1 amide bonds. The third-order valence-corrected chi connectivity index (χ3v) is 3.85. The molecule has 0 atom stereocenters. The molecule has 0 saturated heterocycles. The van der Waals surface area contributed by atoms with Crippen LogP contribution in [0.5, 0.6) is 0 Å². The zero-order valence-corrected chi connectivity index (χ0v) is 12.1. The third kappa shape index (κ3) is 3.43. The summed E-state index contributed by atoms with van der Waals surface area (Å²) < 4.78 is 0. The van der Waals surface area contributed by atoms with Crippen LogP contribution in [-0.4, -0.2) is 30.1 Å². The van der Waals surface area contributed by atoms with Crippen LogP contribution < -0.4 is 5.32 Å². The summed E-state index contributed by atoms with van der Waals surface area (Å²) in [5.74, 6) is 0.0731. The molecule has 0 fully saturated rings. The van der Waals surface area contributed by atoms with Crippen LogP contribution in [-0.2, 0) is 11.2 Å². The predicted molar refractivity (Wildman–Crippen MR) is 76.2 cm³/mol. The van der Waals surface area contributed by atoms with Crippen molar-refractivity contribution >= 4 is 25.0 Å². The minimum absolute atomic E-state index is 0.0731. The number of aromatic amines is 1. The molecule has 2 heterocycles. The summed E-state index contributed by atoms with van der Waals surface area (Å²) in [5, 5.41) is 4.04. The maximum atomic E-state index is 11.8. The summed E-state index contributed by atoms with van der Waals surface area (Å²) in [5.41, 5.74) is 1.75. The number of carbonyl (C=O) groups excluding carboxylic acids is 1. The SMILES string of the molecule is C[Si](C)(C)CNC(=O)Cc1cc2cccnc2[nH]1. The van der Waals surface area contributed by atoms with Crippen molar-refractivity contribution in [2.24, 2.45) is 0 Å². The van der Waals surface area contributed by atoms with Crippen molar-refractivity contribution in [3.8, 4) is 0 Å². The first kappa shape index (κ1) is 12.8. The van der Waals surface area contributed by atoms with Gasteiger partial charge in [-0.1, -0.05) is 19.6 Å². The highest BCUT2D eigenvalue weighted by atomic mass is 28.3. The van der Waals surface area contributed by atoms with Gasteiger partial charge in [-0.2, -0.15) is 0 Å². The molecule has 2 aromatic heterocycles. The number of rotatable bonds is 4.